The number of carbonyl (C=O) groups excluding carboxylic acids is 1. The standard InChI is InChI=1S/C31H41N3O2S/c1-3-22(2)15-17-32-24-9-7-8-10-25(20-24)34-27-11-5-4-6-12-29(27)37-30-19-23(13-14-28(30)34)31(36)33-18-16-26(35)21-33/h4,6,11-15,19,24-26,32,35H,3,5,7-10,16-18,20-21H2,1-2H3/b22-15+. The van der Waals surface area contributed by atoms with Gasteiger partial charge in [0, 0.05) is 47.1 Å². The van der Waals surface area contributed by atoms with E-state index in [1.807, 2.05) is 6.07 Å². The highest BCUT2D eigenvalue weighted by molar-refractivity contribution is 8.03. The molecule has 1 aromatic carbocycles. The van der Waals surface area contributed by atoms with E-state index in [4.69, 9.17) is 0 Å². The van der Waals surface area contributed by atoms with Crippen LogP contribution in [0.3, 0.4) is 0 Å². The van der Waals surface area contributed by atoms with Crippen LogP contribution in [0.5, 0.6) is 0 Å². The van der Waals surface area contributed by atoms with Crippen LogP contribution in [0.15, 0.2) is 69.6 Å². The second kappa shape index (κ2) is 12.1. The van der Waals surface area contributed by atoms with Crippen molar-refractivity contribution in [1.29, 1.82) is 0 Å². The fraction of sp³-hybridized carbons (Fsp3) is 0.516. The van der Waals surface area contributed by atoms with Crippen molar-refractivity contribution in [2.24, 2.45) is 0 Å². The van der Waals surface area contributed by atoms with E-state index in [2.05, 4.69) is 66.6 Å². The van der Waals surface area contributed by atoms with Gasteiger partial charge in [-0.15, -0.1) is 0 Å². The summed E-state index contributed by atoms with van der Waals surface area (Å²) in [5.41, 5.74) is 4.70. The second-order valence-electron chi connectivity index (χ2n) is 10.8. The molecule has 0 radical (unpaired) electrons. The van der Waals surface area contributed by atoms with Crippen LogP contribution in [0.25, 0.3) is 0 Å². The number of hydrogen-bond donors (Lipinski definition) is 2. The number of fused-ring (bicyclic) bond motifs is 2. The maximum atomic E-state index is 13.2. The summed E-state index contributed by atoms with van der Waals surface area (Å²) in [6.45, 7) is 6.43. The average molecular weight is 520 g/mol. The quantitative estimate of drug-likeness (QED) is 0.347. The Kier molecular flexibility index (Phi) is 8.58. The molecule has 1 saturated carbocycles. The summed E-state index contributed by atoms with van der Waals surface area (Å²) in [5.74, 6) is 0.0248. The van der Waals surface area contributed by atoms with Crippen molar-refractivity contribution in [3.8, 4) is 0 Å². The lowest BCUT2D eigenvalue weighted by Crippen LogP contribution is -2.41. The first kappa shape index (κ1) is 26.3. The normalized spacial score (nSPS) is 26.1. The van der Waals surface area contributed by atoms with E-state index in [1.54, 1.807) is 16.7 Å². The molecule has 2 aliphatic heterocycles. The molecule has 198 valence electrons. The van der Waals surface area contributed by atoms with Crippen molar-refractivity contribution in [1.82, 2.24) is 10.2 Å². The summed E-state index contributed by atoms with van der Waals surface area (Å²) in [7, 11) is 0. The molecule has 5 rings (SSSR count). The molecule has 6 heteroatoms. The van der Waals surface area contributed by atoms with Gasteiger partial charge in [0.2, 0.25) is 0 Å². The highest BCUT2D eigenvalue weighted by atomic mass is 32.2. The van der Waals surface area contributed by atoms with Crippen LogP contribution in [-0.2, 0) is 0 Å². The van der Waals surface area contributed by atoms with Crippen LogP contribution in [0.2, 0.25) is 0 Å². The van der Waals surface area contributed by atoms with Gasteiger partial charge in [-0.05, 0) is 69.7 Å². The number of β-amino-alcohol motifs (C(OH)–C–C–N with tert-alkyl or cyclic N) is 1. The van der Waals surface area contributed by atoms with Crippen LogP contribution in [0.1, 0.15) is 75.6 Å². The summed E-state index contributed by atoms with van der Waals surface area (Å²) in [6, 6.07) is 7.16. The van der Waals surface area contributed by atoms with Crippen LogP contribution < -0.4 is 10.2 Å². The zero-order chi connectivity index (χ0) is 25.8. The number of amides is 1. The minimum Gasteiger partial charge on any atom is -0.391 e. The Balaban J connectivity index is 1.43. The van der Waals surface area contributed by atoms with E-state index in [0.29, 0.717) is 31.6 Å². The highest BCUT2D eigenvalue weighted by Gasteiger charge is 2.34. The van der Waals surface area contributed by atoms with Gasteiger partial charge in [0.25, 0.3) is 5.91 Å². The topological polar surface area (TPSA) is 55.8 Å². The lowest BCUT2D eigenvalue weighted by Gasteiger charge is -2.41. The van der Waals surface area contributed by atoms with Crippen molar-refractivity contribution < 1.29 is 9.90 Å². The van der Waals surface area contributed by atoms with E-state index < -0.39 is 6.10 Å². The number of aliphatic hydroxyl groups is 1. The maximum Gasteiger partial charge on any atom is 0.253 e. The summed E-state index contributed by atoms with van der Waals surface area (Å²) in [4.78, 5) is 20.0. The van der Waals surface area contributed by atoms with Gasteiger partial charge in [0.05, 0.1) is 17.5 Å². The zero-order valence-corrected chi connectivity index (χ0v) is 23.1. The molecule has 4 aliphatic rings. The van der Waals surface area contributed by atoms with E-state index in [1.165, 1.54) is 47.5 Å². The van der Waals surface area contributed by atoms with Gasteiger partial charge < -0.3 is 20.2 Å². The average Bonchev–Trinajstić information content (AvgIpc) is 3.07. The number of aliphatic hydroxyl groups excluding tert-OH is 1. The molecule has 2 heterocycles. The van der Waals surface area contributed by atoms with Crippen molar-refractivity contribution in [3.63, 3.8) is 0 Å². The summed E-state index contributed by atoms with van der Waals surface area (Å²) < 4.78 is 0. The van der Waals surface area contributed by atoms with Gasteiger partial charge in [-0.1, -0.05) is 61.4 Å². The summed E-state index contributed by atoms with van der Waals surface area (Å²) in [5, 5.41) is 13.8. The molecule has 3 atom stereocenters. The van der Waals surface area contributed by atoms with Crippen LogP contribution >= 0.6 is 11.8 Å². The summed E-state index contributed by atoms with van der Waals surface area (Å²) in [6.07, 6.45) is 19.7. The lowest BCUT2D eigenvalue weighted by atomic mass is 10.0. The third-order valence-corrected chi connectivity index (χ3v) is 9.27. The fourth-order valence-corrected chi connectivity index (χ4v) is 7.01. The Hall–Kier alpha value is -2.28. The fourth-order valence-electron chi connectivity index (χ4n) is 5.88. The Morgan fingerprint density at radius 2 is 2.11 bits per heavy atom. The van der Waals surface area contributed by atoms with E-state index in [0.717, 1.165) is 36.3 Å². The number of allylic oxidation sites excluding steroid dienone is 5. The minimum absolute atomic E-state index is 0.0248. The van der Waals surface area contributed by atoms with Gasteiger partial charge >= 0.3 is 0 Å². The number of rotatable bonds is 6. The summed E-state index contributed by atoms with van der Waals surface area (Å²) >= 11 is 1.78. The SMILES string of the molecule is CC/C(C)=C/CNC1CCCCC(N2C3=CCC=CC=C3Sc3cc(C(=O)N4CCC(O)C4)ccc32)C1. The van der Waals surface area contributed by atoms with Crippen molar-refractivity contribution in [2.75, 3.05) is 24.5 Å². The number of nitrogens with one attached hydrogen (secondary N) is 1. The number of benzene rings is 1. The number of thioether (sulfide) groups is 1. The number of likely N-dealkylation sites (tertiary alicyclic amines) is 1. The Morgan fingerprint density at radius 1 is 1.24 bits per heavy atom. The molecule has 1 saturated heterocycles. The smallest absolute Gasteiger partial charge is 0.253 e. The molecule has 0 aromatic heterocycles. The molecule has 2 aliphatic carbocycles. The predicted molar refractivity (Wildman–Crippen MR) is 154 cm³/mol. The van der Waals surface area contributed by atoms with Gasteiger partial charge in [-0.25, -0.2) is 0 Å². The van der Waals surface area contributed by atoms with Crippen LogP contribution in [-0.4, -0.2) is 53.7 Å². The third kappa shape index (κ3) is 6.08. The first-order valence-corrected chi connectivity index (χ1v) is 14.9. The molecule has 2 fully saturated rings. The Labute approximate surface area is 226 Å². The number of carbonyl (C=O) groups is 1. The van der Waals surface area contributed by atoms with Crippen molar-refractivity contribution in [3.05, 3.63) is 70.3 Å². The molecule has 5 nitrogen and oxygen atoms in total. The van der Waals surface area contributed by atoms with Crippen molar-refractivity contribution >= 4 is 23.4 Å². The predicted octanol–water partition coefficient (Wildman–Crippen LogP) is 6.18. The second-order valence-corrected chi connectivity index (χ2v) is 11.9. The van der Waals surface area contributed by atoms with Crippen molar-refractivity contribution in [2.45, 2.75) is 88.3 Å². The molecule has 1 amide bonds. The molecule has 3 unspecified atom stereocenters. The highest BCUT2D eigenvalue weighted by Crippen LogP contribution is 2.49. The van der Waals surface area contributed by atoms with E-state index >= 15 is 0 Å². The van der Waals surface area contributed by atoms with E-state index in [9.17, 15) is 9.90 Å². The first-order chi connectivity index (χ1) is 18.0. The van der Waals surface area contributed by atoms with Gasteiger partial charge in [-0.2, -0.15) is 0 Å². The molecule has 0 bridgehead atoms. The maximum absolute atomic E-state index is 13.2. The molecule has 0 spiro atoms. The van der Waals surface area contributed by atoms with Gasteiger partial charge in [-0.3, -0.25) is 4.79 Å². The lowest BCUT2D eigenvalue weighted by molar-refractivity contribution is 0.0764. The molecule has 2 N–H and O–H groups in total. The largest absolute Gasteiger partial charge is 0.391 e. The van der Waals surface area contributed by atoms with Crippen LogP contribution in [0.4, 0.5) is 5.69 Å². The number of anilines is 1. The number of nitrogens with zero attached hydrogens (tertiary/aromatic N) is 2. The Bertz CT molecular complexity index is 1120. The number of hydrogen-bond acceptors (Lipinski definition) is 5. The van der Waals surface area contributed by atoms with Gasteiger partial charge in [0.15, 0.2) is 0 Å². The molecule has 1 aromatic rings. The van der Waals surface area contributed by atoms with E-state index in [-0.39, 0.29) is 5.91 Å². The molecule has 37 heavy (non-hydrogen) atoms. The first-order valence-electron chi connectivity index (χ1n) is 14.1. The Morgan fingerprint density at radius 3 is 2.92 bits per heavy atom. The monoisotopic (exact) mass is 519 g/mol. The van der Waals surface area contributed by atoms with Gasteiger partial charge in [0.1, 0.15) is 0 Å². The molecular formula is C31H41N3O2S. The van der Waals surface area contributed by atoms with Crippen LogP contribution in [0, 0.1) is 0 Å². The minimum atomic E-state index is -0.403. The third-order valence-electron chi connectivity index (χ3n) is 8.16. The molecular weight excluding hydrogens is 478 g/mol. The zero-order valence-electron chi connectivity index (χ0n) is 22.3.